The highest BCUT2D eigenvalue weighted by Crippen LogP contribution is 2.16. The molecule has 0 amide bonds. The summed E-state index contributed by atoms with van der Waals surface area (Å²) in [6, 6.07) is 0. The molecule has 0 unspecified atom stereocenters. The maximum Gasteiger partial charge on any atom is 0.256 e. The zero-order valence-corrected chi connectivity index (χ0v) is 11.3. The van der Waals surface area contributed by atoms with E-state index in [1.165, 1.54) is 24.6 Å². The van der Waals surface area contributed by atoms with Gasteiger partial charge in [-0.15, -0.1) is 0 Å². The van der Waals surface area contributed by atoms with Crippen molar-refractivity contribution in [3.05, 3.63) is 21.6 Å². The first kappa shape index (κ1) is 12.6. The number of nitrogens with zero attached hydrogens (tertiary/aromatic N) is 2. The van der Waals surface area contributed by atoms with Crippen LogP contribution in [0.25, 0.3) is 0 Å². The van der Waals surface area contributed by atoms with E-state index in [0.29, 0.717) is 0 Å². The first-order valence-corrected chi connectivity index (χ1v) is 7.35. The van der Waals surface area contributed by atoms with Gasteiger partial charge in [0.15, 0.2) is 5.16 Å². The average Bonchev–Trinajstić information content (AvgIpc) is 2.36. The van der Waals surface area contributed by atoms with Crippen LogP contribution in [-0.2, 0) is 13.0 Å². The number of rotatable bonds is 4. The monoisotopic (exact) mass is 253 g/mol. The highest BCUT2D eigenvalue weighted by molar-refractivity contribution is 7.98. The molecule has 1 aliphatic heterocycles. The summed E-state index contributed by atoms with van der Waals surface area (Å²) in [5.74, 6) is 0. The molecule has 4 nitrogen and oxygen atoms in total. The van der Waals surface area contributed by atoms with Crippen molar-refractivity contribution >= 4 is 11.8 Å². The Labute approximate surface area is 106 Å². The smallest absolute Gasteiger partial charge is 0.256 e. The molecule has 2 rings (SSSR count). The Morgan fingerprint density at radius 2 is 2.35 bits per heavy atom. The number of fused-ring (bicyclic) bond motifs is 1. The molecule has 94 valence electrons. The van der Waals surface area contributed by atoms with Gasteiger partial charge in [0.25, 0.3) is 5.56 Å². The predicted octanol–water partition coefficient (Wildman–Crippen LogP) is 1.65. The Morgan fingerprint density at radius 1 is 1.53 bits per heavy atom. The molecule has 0 saturated heterocycles. The lowest BCUT2D eigenvalue weighted by Gasteiger charge is -2.27. The Bertz CT molecular complexity index is 444. The van der Waals surface area contributed by atoms with Crippen LogP contribution in [0.5, 0.6) is 0 Å². The van der Waals surface area contributed by atoms with Crippen molar-refractivity contribution in [2.45, 2.75) is 37.9 Å². The summed E-state index contributed by atoms with van der Waals surface area (Å²) in [5.41, 5.74) is 1.90. The van der Waals surface area contributed by atoms with E-state index in [1.54, 1.807) is 0 Å². The Hall–Kier alpha value is -0.810. The number of unbranched alkanes of at least 4 members (excludes halogenated alkanes) is 1. The third kappa shape index (κ3) is 2.90. The standard InChI is InChI=1S/C12H19N3OS/c1-3-4-6-15-7-5-10-9(8-15)11(16)14-12(13-10)17-2/h3-8H2,1-2H3,(H,13,14,16). The molecule has 2 heterocycles. The third-order valence-electron chi connectivity index (χ3n) is 3.15. The number of hydrogen-bond acceptors (Lipinski definition) is 4. The van der Waals surface area contributed by atoms with Crippen LogP contribution in [-0.4, -0.2) is 34.2 Å². The summed E-state index contributed by atoms with van der Waals surface area (Å²) < 4.78 is 0. The molecule has 0 aromatic carbocycles. The highest BCUT2D eigenvalue weighted by atomic mass is 32.2. The minimum atomic E-state index is 0.0422. The van der Waals surface area contributed by atoms with Crippen molar-refractivity contribution in [2.24, 2.45) is 0 Å². The zero-order valence-electron chi connectivity index (χ0n) is 10.5. The fourth-order valence-corrected chi connectivity index (χ4v) is 2.52. The Kier molecular flexibility index (Phi) is 4.23. The van der Waals surface area contributed by atoms with E-state index >= 15 is 0 Å². The zero-order chi connectivity index (χ0) is 12.3. The van der Waals surface area contributed by atoms with Gasteiger partial charge in [-0.3, -0.25) is 9.69 Å². The summed E-state index contributed by atoms with van der Waals surface area (Å²) in [6.07, 6.45) is 5.23. The van der Waals surface area contributed by atoms with Gasteiger partial charge in [0.1, 0.15) is 0 Å². The minimum Gasteiger partial charge on any atom is -0.301 e. The van der Waals surface area contributed by atoms with E-state index in [4.69, 9.17) is 0 Å². The second-order valence-electron chi connectivity index (χ2n) is 4.38. The molecule has 1 aromatic rings. The maximum atomic E-state index is 11.9. The summed E-state index contributed by atoms with van der Waals surface area (Å²) in [5, 5.41) is 0.732. The van der Waals surface area contributed by atoms with Gasteiger partial charge in [0.05, 0.1) is 11.3 Å². The van der Waals surface area contributed by atoms with Crippen molar-refractivity contribution < 1.29 is 0 Å². The van der Waals surface area contributed by atoms with Gasteiger partial charge in [-0.2, -0.15) is 0 Å². The molecule has 5 heteroatoms. The molecule has 1 aromatic heterocycles. The molecule has 17 heavy (non-hydrogen) atoms. The minimum absolute atomic E-state index is 0.0422. The molecule has 0 aliphatic carbocycles. The van der Waals surface area contributed by atoms with Crippen LogP contribution in [0.4, 0.5) is 0 Å². The third-order valence-corrected chi connectivity index (χ3v) is 3.73. The highest BCUT2D eigenvalue weighted by Gasteiger charge is 2.20. The van der Waals surface area contributed by atoms with Gasteiger partial charge in [-0.1, -0.05) is 25.1 Å². The molecule has 0 radical (unpaired) electrons. The quantitative estimate of drug-likeness (QED) is 0.655. The van der Waals surface area contributed by atoms with Crippen molar-refractivity contribution in [3.8, 4) is 0 Å². The Balaban J connectivity index is 2.18. The SMILES string of the molecule is CCCCN1CCc2nc(SC)[nH]c(=O)c2C1. The fourth-order valence-electron chi connectivity index (χ4n) is 2.13. The topological polar surface area (TPSA) is 49.0 Å². The van der Waals surface area contributed by atoms with Gasteiger partial charge in [0.2, 0.25) is 0 Å². The van der Waals surface area contributed by atoms with Gasteiger partial charge < -0.3 is 4.98 Å². The molecular weight excluding hydrogens is 234 g/mol. The van der Waals surface area contributed by atoms with Crippen molar-refractivity contribution in [1.82, 2.24) is 14.9 Å². The van der Waals surface area contributed by atoms with Crippen LogP contribution in [0.3, 0.4) is 0 Å². The number of nitrogens with one attached hydrogen (secondary N) is 1. The average molecular weight is 253 g/mol. The number of hydrogen-bond donors (Lipinski definition) is 1. The lowest BCUT2D eigenvalue weighted by atomic mass is 10.1. The second-order valence-corrected chi connectivity index (χ2v) is 5.18. The molecular formula is C12H19N3OS. The lowest BCUT2D eigenvalue weighted by molar-refractivity contribution is 0.246. The van der Waals surface area contributed by atoms with Gasteiger partial charge >= 0.3 is 0 Å². The fraction of sp³-hybridized carbons (Fsp3) is 0.667. The van der Waals surface area contributed by atoms with Crippen LogP contribution < -0.4 is 5.56 Å². The second kappa shape index (κ2) is 5.69. The molecule has 1 aliphatic rings. The van der Waals surface area contributed by atoms with Gasteiger partial charge in [-0.25, -0.2) is 4.98 Å². The van der Waals surface area contributed by atoms with E-state index in [2.05, 4.69) is 21.8 Å². The molecule has 0 saturated carbocycles. The van der Waals surface area contributed by atoms with Crippen LogP contribution in [0, 0.1) is 0 Å². The van der Waals surface area contributed by atoms with Crippen molar-refractivity contribution in [1.29, 1.82) is 0 Å². The number of aromatic nitrogens is 2. The summed E-state index contributed by atoms with van der Waals surface area (Å²) in [7, 11) is 0. The first-order chi connectivity index (χ1) is 8.24. The molecule has 0 fully saturated rings. The molecule has 0 atom stereocenters. The van der Waals surface area contributed by atoms with Crippen LogP contribution in [0.15, 0.2) is 9.95 Å². The van der Waals surface area contributed by atoms with Crippen LogP contribution in [0.2, 0.25) is 0 Å². The van der Waals surface area contributed by atoms with Crippen molar-refractivity contribution in [3.63, 3.8) is 0 Å². The first-order valence-electron chi connectivity index (χ1n) is 6.13. The summed E-state index contributed by atoms with van der Waals surface area (Å²) in [4.78, 5) is 21.6. The van der Waals surface area contributed by atoms with E-state index in [1.807, 2.05) is 6.26 Å². The van der Waals surface area contributed by atoms with Crippen LogP contribution in [0.1, 0.15) is 31.0 Å². The van der Waals surface area contributed by atoms with E-state index in [-0.39, 0.29) is 5.56 Å². The normalized spacial score (nSPS) is 15.9. The van der Waals surface area contributed by atoms with Crippen molar-refractivity contribution in [2.75, 3.05) is 19.3 Å². The predicted molar refractivity (Wildman–Crippen MR) is 70.5 cm³/mol. The largest absolute Gasteiger partial charge is 0.301 e. The van der Waals surface area contributed by atoms with E-state index < -0.39 is 0 Å². The molecule has 0 spiro atoms. The van der Waals surface area contributed by atoms with Gasteiger partial charge in [0, 0.05) is 19.5 Å². The molecule has 1 N–H and O–H groups in total. The number of aromatic amines is 1. The van der Waals surface area contributed by atoms with Gasteiger partial charge in [-0.05, 0) is 19.2 Å². The summed E-state index contributed by atoms with van der Waals surface area (Å²) in [6.45, 7) is 5.06. The Morgan fingerprint density at radius 3 is 3.06 bits per heavy atom. The van der Waals surface area contributed by atoms with E-state index in [0.717, 1.165) is 42.5 Å². The summed E-state index contributed by atoms with van der Waals surface area (Å²) >= 11 is 1.49. The lowest BCUT2D eigenvalue weighted by Crippen LogP contribution is -2.36. The molecule has 0 bridgehead atoms. The van der Waals surface area contributed by atoms with E-state index in [9.17, 15) is 4.79 Å². The maximum absolute atomic E-state index is 11.9. The number of H-pyrrole nitrogens is 1. The van der Waals surface area contributed by atoms with Crippen LogP contribution >= 0.6 is 11.8 Å². The number of thioether (sulfide) groups is 1.